The monoisotopic (exact) mass is 355 g/mol. The van der Waals surface area contributed by atoms with Gasteiger partial charge >= 0.3 is 6.18 Å². The maximum Gasteiger partial charge on any atom is 0.417 e. The minimum Gasteiger partial charge on any atom is -0.234 e. The van der Waals surface area contributed by atoms with Crippen molar-refractivity contribution in [1.29, 1.82) is 0 Å². The third kappa shape index (κ3) is 4.72. The number of alkyl halides is 3. The number of hydrogen-bond acceptors (Lipinski definition) is 1. The van der Waals surface area contributed by atoms with Crippen LogP contribution in [0.2, 0.25) is 0 Å². The molecule has 0 aliphatic heterocycles. The van der Waals surface area contributed by atoms with E-state index < -0.39 is 27.5 Å². The Hall–Kier alpha value is -0.690. The van der Waals surface area contributed by atoms with Crippen LogP contribution in [0.25, 0.3) is 0 Å². The molecule has 19 heavy (non-hydrogen) atoms. The molecular formula is C12H13BrF3NOS. The lowest BCUT2D eigenvalue weighted by Crippen LogP contribution is -2.19. The molecule has 0 amide bonds. The molecule has 0 unspecified atom stereocenters. The second-order valence-electron chi connectivity index (χ2n) is 4.83. The average Bonchev–Trinajstić information content (AvgIpc) is 2.22. The molecule has 0 saturated heterocycles. The SMILES string of the molecule is CC(C)(C)[S@](=O)N=Cc1ccc(C(F)(F)F)c(Br)c1. The van der Waals surface area contributed by atoms with Gasteiger partial charge in [0.15, 0.2) is 0 Å². The molecule has 0 aliphatic rings. The summed E-state index contributed by atoms with van der Waals surface area (Å²) in [5.41, 5.74) is -0.293. The summed E-state index contributed by atoms with van der Waals surface area (Å²) in [7, 11) is -1.43. The van der Waals surface area contributed by atoms with Gasteiger partial charge in [0.05, 0.1) is 10.3 Å². The molecule has 0 aromatic heterocycles. The second-order valence-corrected chi connectivity index (χ2v) is 7.62. The van der Waals surface area contributed by atoms with Gasteiger partial charge in [0.1, 0.15) is 11.0 Å². The van der Waals surface area contributed by atoms with E-state index in [0.29, 0.717) is 5.56 Å². The van der Waals surface area contributed by atoms with Crippen LogP contribution in [-0.2, 0) is 17.2 Å². The number of nitrogens with zero attached hydrogens (tertiary/aromatic N) is 1. The van der Waals surface area contributed by atoms with Gasteiger partial charge in [-0.2, -0.15) is 17.6 Å². The van der Waals surface area contributed by atoms with Crippen LogP contribution in [-0.4, -0.2) is 15.2 Å². The first-order chi connectivity index (χ1) is 8.51. The predicted octanol–water partition coefficient (Wildman–Crippen LogP) is 4.35. The van der Waals surface area contributed by atoms with Gasteiger partial charge in [0.25, 0.3) is 0 Å². The molecule has 0 spiro atoms. The third-order valence-electron chi connectivity index (χ3n) is 2.12. The van der Waals surface area contributed by atoms with Crippen LogP contribution in [0.4, 0.5) is 13.2 Å². The number of hydrogen-bond donors (Lipinski definition) is 0. The van der Waals surface area contributed by atoms with Crippen molar-refractivity contribution in [3.05, 3.63) is 33.8 Å². The zero-order valence-corrected chi connectivity index (χ0v) is 13.0. The van der Waals surface area contributed by atoms with Crippen LogP contribution in [0.1, 0.15) is 31.9 Å². The summed E-state index contributed by atoms with van der Waals surface area (Å²) in [6, 6.07) is 3.55. The van der Waals surface area contributed by atoms with E-state index in [4.69, 9.17) is 0 Å². The molecular weight excluding hydrogens is 343 g/mol. The molecule has 0 saturated carbocycles. The molecule has 1 aromatic rings. The van der Waals surface area contributed by atoms with Crippen molar-refractivity contribution in [2.24, 2.45) is 4.40 Å². The first-order valence-corrected chi connectivity index (χ1v) is 7.24. The van der Waals surface area contributed by atoms with Gasteiger partial charge in [-0.15, -0.1) is 0 Å². The molecule has 1 atom stereocenters. The predicted molar refractivity (Wildman–Crippen MR) is 74.6 cm³/mol. The first-order valence-electron chi connectivity index (χ1n) is 5.34. The van der Waals surface area contributed by atoms with E-state index in [1.54, 1.807) is 20.8 Å². The summed E-state index contributed by atoms with van der Waals surface area (Å²) in [5.74, 6) is 0. The fourth-order valence-electron chi connectivity index (χ4n) is 1.11. The van der Waals surface area contributed by atoms with Crippen LogP contribution < -0.4 is 0 Å². The largest absolute Gasteiger partial charge is 0.417 e. The van der Waals surface area contributed by atoms with Crippen molar-refractivity contribution in [2.75, 3.05) is 0 Å². The Morgan fingerprint density at radius 1 is 1.26 bits per heavy atom. The fourth-order valence-corrected chi connectivity index (χ4v) is 2.26. The van der Waals surface area contributed by atoms with E-state index >= 15 is 0 Å². The maximum atomic E-state index is 12.5. The van der Waals surface area contributed by atoms with Crippen LogP contribution in [0, 0.1) is 0 Å². The normalized spacial score (nSPS) is 14.9. The van der Waals surface area contributed by atoms with Crippen molar-refractivity contribution in [1.82, 2.24) is 0 Å². The van der Waals surface area contributed by atoms with Gasteiger partial charge < -0.3 is 0 Å². The Labute approximate surface area is 120 Å². The van der Waals surface area contributed by atoms with Crippen LogP contribution >= 0.6 is 15.9 Å². The summed E-state index contributed by atoms with van der Waals surface area (Å²) in [6.45, 7) is 5.30. The quantitative estimate of drug-likeness (QED) is 0.725. The van der Waals surface area contributed by atoms with E-state index in [1.165, 1.54) is 18.3 Å². The number of benzene rings is 1. The van der Waals surface area contributed by atoms with Gasteiger partial charge in [-0.05, 0) is 38.5 Å². The molecule has 1 rings (SSSR count). The molecule has 0 fully saturated rings. The molecule has 0 bridgehead atoms. The van der Waals surface area contributed by atoms with E-state index in [-0.39, 0.29) is 4.47 Å². The lowest BCUT2D eigenvalue weighted by atomic mass is 10.1. The molecule has 0 radical (unpaired) electrons. The van der Waals surface area contributed by atoms with Gasteiger partial charge in [-0.25, -0.2) is 4.21 Å². The highest BCUT2D eigenvalue weighted by molar-refractivity contribution is 9.10. The highest BCUT2D eigenvalue weighted by Gasteiger charge is 2.32. The van der Waals surface area contributed by atoms with Gasteiger partial charge in [-0.3, -0.25) is 0 Å². The van der Waals surface area contributed by atoms with E-state index in [1.807, 2.05) is 0 Å². The van der Waals surface area contributed by atoms with Crippen LogP contribution in [0.3, 0.4) is 0 Å². The maximum absolute atomic E-state index is 12.5. The summed E-state index contributed by atoms with van der Waals surface area (Å²) in [4.78, 5) is 0. The molecule has 106 valence electrons. The molecule has 7 heteroatoms. The lowest BCUT2D eigenvalue weighted by molar-refractivity contribution is -0.138. The average molecular weight is 356 g/mol. The third-order valence-corrected chi connectivity index (χ3v) is 4.12. The first kappa shape index (κ1) is 16.4. The number of halogens is 4. The van der Waals surface area contributed by atoms with Crippen molar-refractivity contribution in [2.45, 2.75) is 31.7 Å². The van der Waals surface area contributed by atoms with Crippen LogP contribution in [0.5, 0.6) is 0 Å². The summed E-state index contributed by atoms with van der Waals surface area (Å²) in [6.07, 6.45) is -3.09. The zero-order chi connectivity index (χ0) is 14.8. The minimum absolute atomic E-state index is 0.0644. The Morgan fingerprint density at radius 2 is 1.84 bits per heavy atom. The molecule has 1 aromatic carbocycles. The molecule has 0 N–H and O–H groups in total. The van der Waals surface area contributed by atoms with Crippen molar-refractivity contribution < 1.29 is 17.4 Å². The van der Waals surface area contributed by atoms with Crippen LogP contribution in [0.15, 0.2) is 27.1 Å². The Balaban J connectivity index is 2.98. The molecule has 0 heterocycles. The molecule has 2 nitrogen and oxygen atoms in total. The van der Waals surface area contributed by atoms with Gasteiger partial charge in [-0.1, -0.05) is 22.0 Å². The van der Waals surface area contributed by atoms with Crippen molar-refractivity contribution >= 4 is 33.1 Å². The minimum atomic E-state index is -4.40. The summed E-state index contributed by atoms with van der Waals surface area (Å²) >= 11 is 2.87. The lowest BCUT2D eigenvalue weighted by Gasteiger charge is -2.13. The zero-order valence-electron chi connectivity index (χ0n) is 10.6. The standard InChI is InChI=1S/C12H13BrF3NOS/c1-11(2,3)19(18)17-7-8-4-5-9(10(13)6-8)12(14,15)16/h4-7H,1-3H3/t19-/m0/s1. The van der Waals surface area contributed by atoms with Crippen molar-refractivity contribution in [3.8, 4) is 0 Å². The fraction of sp³-hybridized carbons (Fsp3) is 0.417. The highest BCUT2D eigenvalue weighted by atomic mass is 79.9. The Bertz CT molecular complexity index is 521. The second kappa shape index (κ2) is 5.75. The van der Waals surface area contributed by atoms with E-state index in [2.05, 4.69) is 20.3 Å². The smallest absolute Gasteiger partial charge is 0.234 e. The van der Waals surface area contributed by atoms with Gasteiger partial charge in [0, 0.05) is 10.7 Å². The topological polar surface area (TPSA) is 29.4 Å². The Kier molecular flexibility index (Phi) is 4.95. The summed E-state index contributed by atoms with van der Waals surface area (Å²) < 4.78 is 52.6. The number of rotatable bonds is 2. The Morgan fingerprint density at radius 3 is 2.26 bits per heavy atom. The van der Waals surface area contributed by atoms with Crippen molar-refractivity contribution in [3.63, 3.8) is 0 Å². The highest BCUT2D eigenvalue weighted by Crippen LogP contribution is 2.34. The van der Waals surface area contributed by atoms with E-state index in [0.717, 1.165) is 6.07 Å². The molecule has 0 aliphatic carbocycles. The van der Waals surface area contributed by atoms with Gasteiger partial charge in [0.2, 0.25) is 0 Å². The van der Waals surface area contributed by atoms with E-state index in [9.17, 15) is 17.4 Å². The summed E-state index contributed by atoms with van der Waals surface area (Å²) in [5, 5.41) is 0.